The van der Waals surface area contributed by atoms with Gasteiger partial charge in [0.15, 0.2) is 0 Å². The van der Waals surface area contributed by atoms with Gasteiger partial charge in [0.05, 0.1) is 16.6 Å². The summed E-state index contributed by atoms with van der Waals surface area (Å²) in [6.45, 7) is 0.625. The summed E-state index contributed by atoms with van der Waals surface area (Å²) in [5.74, 6) is -1.60. The molecule has 4 rings (SSSR count). The van der Waals surface area contributed by atoms with Crippen LogP contribution in [0.25, 0.3) is 10.9 Å². The van der Waals surface area contributed by atoms with Gasteiger partial charge in [-0.25, -0.2) is 4.39 Å². The highest BCUT2D eigenvalue weighted by atomic mass is 35.5. The number of halogens is 2. The maximum absolute atomic E-state index is 13.6. The molecule has 1 aromatic heterocycles. The first kappa shape index (κ1) is 23.1. The molecule has 3 atom stereocenters. The smallest absolute Gasteiger partial charge is 0.268 e. The lowest BCUT2D eigenvalue weighted by Gasteiger charge is -2.25. The van der Waals surface area contributed by atoms with Crippen molar-refractivity contribution in [2.24, 2.45) is 11.8 Å². The second-order valence-corrected chi connectivity index (χ2v) is 9.20. The Morgan fingerprint density at radius 3 is 2.70 bits per heavy atom. The zero-order valence-electron chi connectivity index (χ0n) is 17.9. The second-order valence-electron chi connectivity index (χ2n) is 8.80. The maximum atomic E-state index is 13.6. The molecule has 0 spiro atoms. The van der Waals surface area contributed by atoms with Gasteiger partial charge in [-0.3, -0.25) is 14.4 Å². The number of aromatic nitrogens is 1. The Morgan fingerprint density at radius 2 is 2.00 bits per heavy atom. The quantitative estimate of drug-likeness (QED) is 0.470. The largest absolute Gasteiger partial charge is 0.356 e. The number of aromatic amines is 1. The third-order valence-electron chi connectivity index (χ3n) is 6.17. The van der Waals surface area contributed by atoms with Crippen LogP contribution in [0.2, 0.25) is 5.02 Å². The molecular weight excluding hydrogens is 449 g/mol. The third-order valence-corrected chi connectivity index (χ3v) is 6.47. The molecule has 3 unspecified atom stereocenters. The van der Waals surface area contributed by atoms with Crippen LogP contribution in [0.5, 0.6) is 0 Å². The number of piperidine rings is 1. The molecule has 4 N–H and O–H groups in total. The van der Waals surface area contributed by atoms with Gasteiger partial charge >= 0.3 is 0 Å². The van der Waals surface area contributed by atoms with E-state index in [4.69, 9.17) is 11.6 Å². The average molecular weight is 474 g/mol. The zero-order chi connectivity index (χ0) is 23.5. The number of nitrogens with zero attached hydrogens (tertiary/aromatic N) is 1. The van der Waals surface area contributed by atoms with Crippen LogP contribution in [-0.4, -0.2) is 41.3 Å². The number of hydrogen-bond acceptors (Lipinski definition) is 4. The summed E-state index contributed by atoms with van der Waals surface area (Å²) in [5.41, 5.74) is 0.587. The van der Waals surface area contributed by atoms with Crippen LogP contribution >= 0.6 is 11.6 Å². The Bertz CT molecular complexity index is 1120. The van der Waals surface area contributed by atoms with Crippen molar-refractivity contribution in [2.45, 2.75) is 50.6 Å². The number of H-pyrrole nitrogens is 1. The summed E-state index contributed by atoms with van der Waals surface area (Å²) in [5, 5.41) is 18.3. The molecular formula is C23H25ClFN5O3. The van der Waals surface area contributed by atoms with E-state index in [1.807, 2.05) is 0 Å². The van der Waals surface area contributed by atoms with Crippen molar-refractivity contribution in [3.63, 3.8) is 0 Å². The summed E-state index contributed by atoms with van der Waals surface area (Å²) in [4.78, 5) is 40.7. The minimum Gasteiger partial charge on any atom is -0.356 e. The first-order chi connectivity index (χ1) is 15.8. The SMILES string of the molecule is N#CC(CC1CCCNC1=O)NC(=O)C(CC1CC1)NC(=O)c1cc2cc(F)cc(Cl)c2[nH]1. The molecule has 1 aliphatic carbocycles. The number of amides is 3. The fraction of sp³-hybridized carbons (Fsp3) is 0.478. The number of carbonyl (C=O) groups is 3. The monoisotopic (exact) mass is 473 g/mol. The first-order valence-electron chi connectivity index (χ1n) is 11.1. The van der Waals surface area contributed by atoms with Gasteiger partial charge in [-0.1, -0.05) is 24.4 Å². The van der Waals surface area contributed by atoms with Crippen molar-refractivity contribution in [3.8, 4) is 6.07 Å². The molecule has 33 heavy (non-hydrogen) atoms. The Labute approximate surface area is 195 Å². The molecule has 0 radical (unpaired) electrons. The molecule has 1 saturated heterocycles. The molecule has 1 aliphatic heterocycles. The molecule has 2 aliphatic rings. The summed E-state index contributed by atoms with van der Waals surface area (Å²) in [6, 6.07) is 4.29. The Balaban J connectivity index is 1.44. The normalized spacial score (nSPS) is 19.9. The van der Waals surface area contributed by atoms with Crippen LogP contribution in [0.4, 0.5) is 4.39 Å². The Kier molecular flexibility index (Phi) is 6.84. The fourth-order valence-electron chi connectivity index (χ4n) is 4.20. The van der Waals surface area contributed by atoms with Crippen LogP contribution in [0.3, 0.4) is 0 Å². The van der Waals surface area contributed by atoms with E-state index in [2.05, 4.69) is 27.0 Å². The first-order valence-corrected chi connectivity index (χ1v) is 11.5. The lowest BCUT2D eigenvalue weighted by molar-refractivity contribution is -0.128. The number of hydrogen-bond donors (Lipinski definition) is 4. The van der Waals surface area contributed by atoms with Gasteiger partial charge in [-0.15, -0.1) is 0 Å². The Hall–Kier alpha value is -3.12. The van der Waals surface area contributed by atoms with Crippen molar-refractivity contribution in [1.82, 2.24) is 20.9 Å². The molecule has 1 aromatic carbocycles. The molecule has 8 nitrogen and oxygen atoms in total. The van der Waals surface area contributed by atoms with Crippen LogP contribution in [0, 0.1) is 29.0 Å². The van der Waals surface area contributed by atoms with Gasteiger partial charge in [0.2, 0.25) is 11.8 Å². The summed E-state index contributed by atoms with van der Waals surface area (Å²) >= 11 is 6.05. The van der Waals surface area contributed by atoms with Gasteiger partial charge in [-0.05, 0) is 49.8 Å². The van der Waals surface area contributed by atoms with Gasteiger partial charge in [0.25, 0.3) is 5.91 Å². The van der Waals surface area contributed by atoms with Crippen LogP contribution in [0.1, 0.15) is 49.0 Å². The van der Waals surface area contributed by atoms with E-state index in [-0.39, 0.29) is 29.0 Å². The molecule has 0 bridgehead atoms. The average Bonchev–Trinajstić information content (AvgIpc) is 3.49. The Morgan fingerprint density at radius 1 is 1.21 bits per heavy atom. The van der Waals surface area contributed by atoms with E-state index in [9.17, 15) is 24.0 Å². The molecule has 2 heterocycles. The number of nitrogens with one attached hydrogen (secondary N) is 4. The predicted molar refractivity (Wildman–Crippen MR) is 120 cm³/mol. The van der Waals surface area contributed by atoms with E-state index in [0.29, 0.717) is 36.2 Å². The minimum atomic E-state index is -0.834. The van der Waals surface area contributed by atoms with E-state index in [1.54, 1.807) is 0 Å². The minimum absolute atomic E-state index is 0.104. The van der Waals surface area contributed by atoms with Gasteiger partial charge in [0, 0.05) is 17.8 Å². The molecule has 1 saturated carbocycles. The number of rotatable bonds is 8. The maximum Gasteiger partial charge on any atom is 0.268 e. The predicted octanol–water partition coefficient (Wildman–Crippen LogP) is 2.78. The third kappa shape index (κ3) is 5.63. The van der Waals surface area contributed by atoms with Gasteiger partial charge in [0.1, 0.15) is 23.6 Å². The van der Waals surface area contributed by atoms with Crippen LogP contribution in [-0.2, 0) is 9.59 Å². The van der Waals surface area contributed by atoms with E-state index in [0.717, 1.165) is 25.3 Å². The summed E-state index contributed by atoms with van der Waals surface area (Å²) in [7, 11) is 0. The number of nitriles is 1. The second kappa shape index (κ2) is 9.79. The highest BCUT2D eigenvalue weighted by molar-refractivity contribution is 6.35. The zero-order valence-corrected chi connectivity index (χ0v) is 18.7. The van der Waals surface area contributed by atoms with E-state index >= 15 is 0 Å². The van der Waals surface area contributed by atoms with Crippen molar-refractivity contribution in [3.05, 3.63) is 34.7 Å². The highest BCUT2D eigenvalue weighted by Gasteiger charge is 2.33. The number of carbonyl (C=O) groups excluding carboxylic acids is 3. The molecule has 174 valence electrons. The lowest BCUT2D eigenvalue weighted by Crippen LogP contribution is -2.50. The molecule has 3 amide bonds. The van der Waals surface area contributed by atoms with Crippen molar-refractivity contribution >= 4 is 40.2 Å². The summed E-state index contributed by atoms with van der Waals surface area (Å²) in [6.07, 6.45) is 4.14. The number of fused-ring (bicyclic) bond motifs is 1. The van der Waals surface area contributed by atoms with Gasteiger partial charge < -0.3 is 20.9 Å². The van der Waals surface area contributed by atoms with Crippen molar-refractivity contribution in [2.75, 3.05) is 6.54 Å². The van der Waals surface area contributed by atoms with E-state index in [1.165, 1.54) is 12.1 Å². The van der Waals surface area contributed by atoms with E-state index < -0.39 is 29.7 Å². The van der Waals surface area contributed by atoms with Crippen LogP contribution in [0.15, 0.2) is 18.2 Å². The number of benzene rings is 1. The topological polar surface area (TPSA) is 127 Å². The van der Waals surface area contributed by atoms with Gasteiger partial charge in [-0.2, -0.15) is 5.26 Å². The fourth-order valence-corrected chi connectivity index (χ4v) is 4.46. The lowest BCUT2D eigenvalue weighted by atomic mass is 9.92. The standard InChI is InChI=1S/C23H25ClFN5O3/c24-17-10-15(25)7-14-9-19(29-20(14)17)23(33)30-18(6-12-3-4-12)22(32)28-16(11-26)8-13-2-1-5-27-21(13)31/h7,9-10,12-13,16,18,29H,1-6,8H2,(H,27,31)(H,28,32)(H,30,33). The van der Waals surface area contributed by atoms with Crippen LogP contribution < -0.4 is 16.0 Å². The van der Waals surface area contributed by atoms with Crippen molar-refractivity contribution < 1.29 is 18.8 Å². The highest BCUT2D eigenvalue weighted by Crippen LogP contribution is 2.34. The molecule has 2 fully saturated rings. The molecule has 10 heteroatoms. The summed E-state index contributed by atoms with van der Waals surface area (Å²) < 4.78 is 13.6. The molecule has 2 aromatic rings. The van der Waals surface area contributed by atoms with Crippen molar-refractivity contribution in [1.29, 1.82) is 5.26 Å².